The minimum atomic E-state index is -0.348. The van der Waals surface area contributed by atoms with Crippen molar-refractivity contribution in [1.29, 1.82) is 0 Å². The lowest BCUT2D eigenvalue weighted by molar-refractivity contribution is -0.131. The van der Waals surface area contributed by atoms with E-state index in [1.165, 1.54) is 6.92 Å². The molecule has 23 heavy (non-hydrogen) atoms. The number of fused-ring (bicyclic) bond motifs is 1. The summed E-state index contributed by atoms with van der Waals surface area (Å²) < 4.78 is 13.0. The molecule has 0 aliphatic carbocycles. The second-order valence-corrected chi connectivity index (χ2v) is 5.88. The largest absolute Gasteiger partial charge is 0.497 e. The molecular formula is C17H15BrN2O3. The lowest BCUT2D eigenvalue weighted by atomic mass is 10.2. The van der Waals surface area contributed by atoms with E-state index in [1.54, 1.807) is 19.2 Å². The highest BCUT2D eigenvalue weighted by Gasteiger charge is 2.14. The summed E-state index contributed by atoms with van der Waals surface area (Å²) >= 11 is 3.59. The molecular weight excluding hydrogens is 360 g/mol. The molecule has 5 nitrogen and oxygen atoms in total. The minimum Gasteiger partial charge on any atom is -0.497 e. The van der Waals surface area contributed by atoms with Gasteiger partial charge in [0.2, 0.25) is 0 Å². The third-order valence-electron chi connectivity index (χ3n) is 3.48. The summed E-state index contributed by atoms with van der Waals surface area (Å²) in [5.74, 6) is 0.951. The molecule has 0 bridgehead atoms. The van der Waals surface area contributed by atoms with E-state index >= 15 is 0 Å². The van der Waals surface area contributed by atoms with E-state index in [9.17, 15) is 4.79 Å². The molecule has 0 spiro atoms. The van der Waals surface area contributed by atoms with Crippen LogP contribution >= 0.6 is 15.9 Å². The number of benzene rings is 2. The van der Waals surface area contributed by atoms with Crippen molar-refractivity contribution in [3.8, 4) is 17.2 Å². The fourth-order valence-electron chi connectivity index (χ4n) is 2.41. The van der Waals surface area contributed by atoms with Gasteiger partial charge in [0.1, 0.15) is 16.1 Å². The molecule has 0 N–H and O–H groups in total. The fraction of sp³-hybridized carbons (Fsp3) is 0.176. The number of aromatic nitrogens is 2. The highest BCUT2D eigenvalue weighted by molar-refractivity contribution is 9.10. The third kappa shape index (κ3) is 2.94. The molecule has 3 aromatic rings. The first-order valence-corrected chi connectivity index (χ1v) is 7.80. The van der Waals surface area contributed by atoms with Crippen LogP contribution in [0.1, 0.15) is 12.5 Å². The topological polar surface area (TPSA) is 53.4 Å². The predicted molar refractivity (Wildman–Crippen MR) is 91.4 cm³/mol. The lowest BCUT2D eigenvalue weighted by Gasteiger charge is -2.09. The van der Waals surface area contributed by atoms with Gasteiger partial charge in [0.05, 0.1) is 18.3 Å². The van der Waals surface area contributed by atoms with Gasteiger partial charge in [-0.1, -0.05) is 0 Å². The maximum Gasteiger partial charge on any atom is 0.308 e. The number of carbonyl (C=O) groups is 1. The van der Waals surface area contributed by atoms with Crippen LogP contribution in [0.4, 0.5) is 0 Å². The quantitative estimate of drug-likeness (QED) is 0.512. The monoisotopic (exact) mass is 374 g/mol. The van der Waals surface area contributed by atoms with E-state index in [0.29, 0.717) is 5.75 Å². The van der Waals surface area contributed by atoms with Crippen molar-refractivity contribution < 1.29 is 14.3 Å². The van der Waals surface area contributed by atoms with Gasteiger partial charge in [0.25, 0.3) is 0 Å². The van der Waals surface area contributed by atoms with Crippen molar-refractivity contribution >= 4 is 32.8 Å². The number of ether oxygens (including phenoxy) is 2. The molecule has 1 heterocycles. The van der Waals surface area contributed by atoms with Crippen LogP contribution in [-0.4, -0.2) is 22.9 Å². The Kier molecular flexibility index (Phi) is 4.09. The molecule has 0 saturated heterocycles. The van der Waals surface area contributed by atoms with Crippen LogP contribution in [0.15, 0.2) is 41.0 Å². The van der Waals surface area contributed by atoms with Gasteiger partial charge in [0, 0.05) is 12.3 Å². The average Bonchev–Trinajstić information content (AvgIpc) is 2.83. The first kappa shape index (κ1) is 15.6. The second-order valence-electron chi connectivity index (χ2n) is 5.13. The van der Waals surface area contributed by atoms with Crippen molar-refractivity contribution in [3.63, 3.8) is 0 Å². The molecule has 0 amide bonds. The molecule has 0 aliphatic rings. The number of halogens is 1. The summed E-state index contributed by atoms with van der Waals surface area (Å²) in [5.41, 5.74) is 2.80. The Labute approximate surface area is 141 Å². The molecule has 0 unspecified atom stereocenters. The number of hydrogen-bond acceptors (Lipinski definition) is 4. The smallest absolute Gasteiger partial charge is 0.308 e. The molecule has 0 fully saturated rings. The molecule has 0 saturated carbocycles. The van der Waals surface area contributed by atoms with Gasteiger partial charge in [0.15, 0.2) is 0 Å². The van der Waals surface area contributed by atoms with Crippen LogP contribution in [0.25, 0.3) is 16.6 Å². The lowest BCUT2D eigenvalue weighted by Crippen LogP contribution is -2.00. The molecule has 6 heteroatoms. The maximum atomic E-state index is 11.1. The molecule has 1 aromatic heterocycles. The molecule has 0 atom stereocenters. The predicted octanol–water partition coefficient (Wildman–Crippen LogP) is 4.03. The average molecular weight is 375 g/mol. The Balaban J connectivity index is 2.12. The zero-order chi connectivity index (χ0) is 16.6. The zero-order valence-electron chi connectivity index (χ0n) is 13.0. The van der Waals surface area contributed by atoms with Crippen LogP contribution in [0.3, 0.4) is 0 Å². The Morgan fingerprint density at radius 3 is 2.57 bits per heavy atom. The Morgan fingerprint density at radius 1 is 1.17 bits per heavy atom. The second kappa shape index (κ2) is 6.04. The summed E-state index contributed by atoms with van der Waals surface area (Å²) in [6.07, 6.45) is 0. The van der Waals surface area contributed by atoms with E-state index in [0.717, 1.165) is 32.5 Å². The van der Waals surface area contributed by atoms with E-state index < -0.39 is 0 Å². The summed E-state index contributed by atoms with van der Waals surface area (Å²) in [7, 11) is 1.64. The number of nitrogens with zero attached hydrogens (tertiary/aromatic N) is 2. The molecule has 0 radical (unpaired) electrons. The highest BCUT2D eigenvalue weighted by Crippen LogP contribution is 2.31. The molecule has 118 valence electrons. The zero-order valence-corrected chi connectivity index (χ0v) is 14.5. The van der Waals surface area contributed by atoms with Gasteiger partial charge < -0.3 is 9.47 Å². The maximum absolute atomic E-state index is 11.1. The van der Waals surface area contributed by atoms with Crippen molar-refractivity contribution in [2.24, 2.45) is 0 Å². The van der Waals surface area contributed by atoms with Crippen molar-refractivity contribution in [2.75, 3.05) is 7.11 Å². The fourth-order valence-corrected chi connectivity index (χ4v) is 3.00. The summed E-state index contributed by atoms with van der Waals surface area (Å²) in [5, 5.41) is 5.48. The van der Waals surface area contributed by atoms with Gasteiger partial charge in [-0.05, 0) is 64.8 Å². The Bertz CT molecular complexity index is 902. The first-order chi connectivity index (χ1) is 11.0. The van der Waals surface area contributed by atoms with Crippen LogP contribution in [0, 0.1) is 6.92 Å². The summed E-state index contributed by atoms with van der Waals surface area (Å²) in [6, 6.07) is 11.2. The van der Waals surface area contributed by atoms with Crippen molar-refractivity contribution in [3.05, 3.63) is 46.6 Å². The number of aryl methyl sites for hydroxylation is 1. The Hall–Kier alpha value is -2.34. The van der Waals surface area contributed by atoms with Crippen LogP contribution in [0.5, 0.6) is 11.5 Å². The molecule has 2 aromatic carbocycles. The number of rotatable bonds is 3. The normalized spacial score (nSPS) is 10.8. The minimum absolute atomic E-state index is 0.348. The molecule has 0 aliphatic heterocycles. The molecule has 3 rings (SSSR count). The van der Waals surface area contributed by atoms with Gasteiger partial charge >= 0.3 is 5.97 Å². The van der Waals surface area contributed by atoms with E-state index in [2.05, 4.69) is 21.0 Å². The van der Waals surface area contributed by atoms with E-state index in [4.69, 9.17) is 9.47 Å². The SMILES string of the molecule is COc1ccc(-n2nc3ccc(OC(C)=O)cc3c2Br)c(C)c1. The third-order valence-corrected chi connectivity index (χ3v) is 4.24. The van der Waals surface area contributed by atoms with Crippen LogP contribution in [-0.2, 0) is 4.79 Å². The number of hydrogen-bond donors (Lipinski definition) is 0. The summed E-state index contributed by atoms with van der Waals surface area (Å²) in [6.45, 7) is 3.38. The van der Waals surface area contributed by atoms with Gasteiger partial charge in [-0.3, -0.25) is 4.79 Å². The van der Waals surface area contributed by atoms with Crippen molar-refractivity contribution in [1.82, 2.24) is 9.78 Å². The van der Waals surface area contributed by atoms with Gasteiger partial charge in [-0.2, -0.15) is 5.10 Å². The van der Waals surface area contributed by atoms with Gasteiger partial charge in [-0.15, -0.1) is 0 Å². The summed E-state index contributed by atoms with van der Waals surface area (Å²) in [4.78, 5) is 11.1. The standard InChI is InChI=1S/C17H15BrN2O3/c1-10-8-12(22-3)5-7-16(10)20-17(18)14-9-13(23-11(2)21)4-6-15(14)19-20/h4-9H,1-3H3. The highest BCUT2D eigenvalue weighted by atomic mass is 79.9. The van der Waals surface area contributed by atoms with Crippen LogP contribution < -0.4 is 9.47 Å². The van der Waals surface area contributed by atoms with Crippen molar-refractivity contribution in [2.45, 2.75) is 13.8 Å². The number of carbonyl (C=O) groups excluding carboxylic acids is 1. The van der Waals surface area contributed by atoms with E-state index in [-0.39, 0.29) is 5.97 Å². The Morgan fingerprint density at radius 2 is 1.91 bits per heavy atom. The first-order valence-electron chi connectivity index (χ1n) is 7.01. The number of methoxy groups -OCH3 is 1. The number of esters is 1. The van der Waals surface area contributed by atoms with E-state index in [1.807, 2.05) is 35.9 Å². The van der Waals surface area contributed by atoms with Crippen LogP contribution in [0.2, 0.25) is 0 Å². The van der Waals surface area contributed by atoms with Gasteiger partial charge in [-0.25, -0.2) is 4.68 Å².